The zero-order valence-corrected chi connectivity index (χ0v) is 19.6. The van der Waals surface area contributed by atoms with E-state index in [4.69, 9.17) is 4.98 Å². The number of hydrogen-bond acceptors (Lipinski definition) is 5. The van der Waals surface area contributed by atoms with E-state index in [0.717, 1.165) is 72.9 Å². The van der Waals surface area contributed by atoms with Gasteiger partial charge in [0.15, 0.2) is 5.16 Å². The van der Waals surface area contributed by atoms with Gasteiger partial charge in [-0.3, -0.25) is 14.2 Å². The Bertz CT molecular complexity index is 1050. The lowest BCUT2D eigenvalue weighted by molar-refractivity contribution is -0.116. The van der Waals surface area contributed by atoms with Gasteiger partial charge in [0.05, 0.1) is 16.3 Å². The molecule has 31 heavy (non-hydrogen) atoms. The zero-order chi connectivity index (χ0) is 21.4. The maximum Gasteiger partial charge on any atom is 0.268 e. The molecule has 0 saturated heterocycles. The second-order valence-electron chi connectivity index (χ2n) is 8.84. The molecule has 164 valence electrons. The molecule has 1 fully saturated rings. The number of anilines is 1. The monoisotopic (exact) mass is 455 g/mol. The van der Waals surface area contributed by atoms with E-state index < -0.39 is 0 Å². The number of rotatable bonds is 4. The summed E-state index contributed by atoms with van der Waals surface area (Å²) in [5.41, 5.74) is 3.32. The molecule has 1 aromatic heterocycles. The Kier molecular flexibility index (Phi) is 6.15. The van der Waals surface area contributed by atoms with Crippen LogP contribution in [0.3, 0.4) is 0 Å². The van der Waals surface area contributed by atoms with Gasteiger partial charge in [0.1, 0.15) is 0 Å². The third kappa shape index (κ3) is 4.19. The van der Waals surface area contributed by atoms with Gasteiger partial charge in [-0.05, 0) is 37.3 Å². The largest absolute Gasteiger partial charge is 0.311 e. The van der Waals surface area contributed by atoms with Gasteiger partial charge in [-0.15, -0.1) is 11.8 Å². The van der Waals surface area contributed by atoms with Gasteiger partial charge in [0.25, 0.3) is 5.56 Å². The van der Waals surface area contributed by atoms with Gasteiger partial charge >= 0.3 is 0 Å². The first-order valence-electron chi connectivity index (χ1n) is 11.4. The second kappa shape index (κ2) is 9.02. The Morgan fingerprint density at radius 2 is 2.00 bits per heavy atom. The quantitative estimate of drug-likeness (QED) is 0.487. The number of aromatic nitrogens is 2. The van der Waals surface area contributed by atoms with Crippen LogP contribution >= 0.6 is 23.5 Å². The summed E-state index contributed by atoms with van der Waals surface area (Å²) in [5.74, 6) is 0.416. The van der Waals surface area contributed by atoms with Crippen molar-refractivity contribution in [2.24, 2.45) is 0 Å². The lowest BCUT2D eigenvalue weighted by Crippen LogP contribution is -2.37. The first kappa shape index (κ1) is 21.1. The van der Waals surface area contributed by atoms with Crippen molar-refractivity contribution in [2.45, 2.75) is 79.6 Å². The van der Waals surface area contributed by atoms with Gasteiger partial charge in [0.2, 0.25) is 5.91 Å². The van der Waals surface area contributed by atoms with Crippen LogP contribution in [0.5, 0.6) is 0 Å². The van der Waals surface area contributed by atoms with Crippen molar-refractivity contribution in [1.29, 1.82) is 0 Å². The molecule has 7 heteroatoms. The van der Waals surface area contributed by atoms with Crippen molar-refractivity contribution < 1.29 is 4.79 Å². The fraction of sp³-hybridized carbons (Fsp3) is 0.542. The summed E-state index contributed by atoms with van der Waals surface area (Å²) in [5, 5.41) is 1.13. The lowest BCUT2D eigenvalue weighted by Gasteiger charge is -2.30. The summed E-state index contributed by atoms with van der Waals surface area (Å²) in [6.07, 6.45) is 8.47. The highest BCUT2D eigenvalue weighted by molar-refractivity contribution is 8.00. The summed E-state index contributed by atoms with van der Waals surface area (Å²) >= 11 is 3.11. The van der Waals surface area contributed by atoms with Crippen molar-refractivity contribution >= 4 is 35.1 Å². The molecule has 1 atom stereocenters. The van der Waals surface area contributed by atoms with Gasteiger partial charge in [-0.2, -0.15) is 0 Å². The molecule has 2 aromatic rings. The van der Waals surface area contributed by atoms with Crippen molar-refractivity contribution in [2.75, 3.05) is 17.2 Å². The molecule has 0 radical (unpaired) electrons. The van der Waals surface area contributed by atoms with E-state index in [1.54, 1.807) is 11.8 Å². The van der Waals surface area contributed by atoms with Crippen LogP contribution in [0, 0.1) is 0 Å². The minimum Gasteiger partial charge on any atom is -0.311 e. The molecule has 5 rings (SSSR count). The molecule has 1 aromatic carbocycles. The van der Waals surface area contributed by atoms with Gasteiger partial charge in [0, 0.05) is 29.9 Å². The second-order valence-corrected chi connectivity index (χ2v) is 11.2. The summed E-state index contributed by atoms with van der Waals surface area (Å²) in [7, 11) is 0. The number of amides is 1. The van der Waals surface area contributed by atoms with Crippen LogP contribution < -0.4 is 10.5 Å². The number of fused-ring (bicyclic) bond motifs is 2. The summed E-state index contributed by atoms with van der Waals surface area (Å²) in [6.45, 7) is 2.92. The molecular formula is C24H29N3O2S2. The van der Waals surface area contributed by atoms with E-state index in [0.29, 0.717) is 11.0 Å². The number of benzene rings is 1. The number of nitrogens with zero attached hydrogens (tertiary/aromatic N) is 3. The molecule has 1 amide bonds. The predicted octanol–water partition coefficient (Wildman–Crippen LogP) is 4.86. The molecule has 1 aliphatic carbocycles. The number of carbonyl (C=O) groups excluding carboxylic acids is 1. The molecule has 3 aliphatic rings. The molecule has 0 spiro atoms. The van der Waals surface area contributed by atoms with E-state index >= 15 is 0 Å². The molecule has 5 nitrogen and oxygen atoms in total. The maximum absolute atomic E-state index is 13.4. The Balaban J connectivity index is 1.41. The summed E-state index contributed by atoms with van der Waals surface area (Å²) in [4.78, 5) is 34.3. The minimum atomic E-state index is 0.102. The van der Waals surface area contributed by atoms with E-state index in [2.05, 4.69) is 13.0 Å². The Hall–Kier alpha value is -1.73. The first-order valence-corrected chi connectivity index (χ1v) is 13.3. The number of thioether (sulfide) groups is 2. The van der Waals surface area contributed by atoms with E-state index in [9.17, 15) is 9.59 Å². The SMILES string of the molecule is CC1Cc2nc(SCC(=O)N3CCCc4ccccc43)n(C3CCCCC3)c(=O)c2S1. The average molecular weight is 456 g/mol. The maximum atomic E-state index is 13.4. The van der Waals surface area contributed by atoms with E-state index in [-0.39, 0.29) is 17.5 Å². The molecule has 3 heterocycles. The standard InChI is InChI=1S/C24H29N3O2S2/c1-16-14-19-22(31-16)23(29)27(18-10-3-2-4-11-18)24(25-19)30-15-21(28)26-13-7-9-17-8-5-6-12-20(17)26/h5-6,8,12,16,18H,2-4,7,9-11,13-15H2,1H3. The fourth-order valence-corrected chi connectivity index (χ4v) is 7.13. The van der Waals surface area contributed by atoms with E-state index in [1.165, 1.54) is 23.7 Å². The topological polar surface area (TPSA) is 55.2 Å². The summed E-state index contributed by atoms with van der Waals surface area (Å²) < 4.78 is 1.94. The Labute approximate surface area is 192 Å². The van der Waals surface area contributed by atoms with Crippen LogP contribution in [0.1, 0.15) is 62.7 Å². The van der Waals surface area contributed by atoms with Crippen LogP contribution in [0.15, 0.2) is 39.1 Å². The highest BCUT2D eigenvalue weighted by Crippen LogP contribution is 2.37. The number of para-hydroxylation sites is 1. The number of aryl methyl sites for hydroxylation is 1. The molecule has 1 saturated carbocycles. The van der Waals surface area contributed by atoms with Gasteiger partial charge < -0.3 is 4.90 Å². The third-order valence-corrected chi connectivity index (χ3v) is 8.74. The molecule has 0 N–H and O–H groups in total. The summed E-state index contributed by atoms with van der Waals surface area (Å²) in [6, 6.07) is 8.41. The fourth-order valence-electron chi connectivity index (χ4n) is 5.07. The van der Waals surface area contributed by atoms with Crippen LogP contribution in [0.25, 0.3) is 0 Å². The van der Waals surface area contributed by atoms with Crippen LogP contribution in [-0.2, 0) is 17.6 Å². The minimum absolute atomic E-state index is 0.102. The van der Waals surface area contributed by atoms with Gasteiger partial charge in [-0.25, -0.2) is 4.98 Å². The number of hydrogen-bond donors (Lipinski definition) is 0. The van der Waals surface area contributed by atoms with Crippen molar-refractivity contribution in [3.63, 3.8) is 0 Å². The zero-order valence-electron chi connectivity index (χ0n) is 18.0. The lowest BCUT2D eigenvalue weighted by atomic mass is 9.95. The molecule has 2 aliphatic heterocycles. The van der Waals surface area contributed by atoms with Crippen LogP contribution in [0.2, 0.25) is 0 Å². The molecular weight excluding hydrogens is 426 g/mol. The van der Waals surface area contributed by atoms with Crippen LogP contribution in [0.4, 0.5) is 5.69 Å². The third-order valence-electron chi connectivity index (χ3n) is 6.59. The van der Waals surface area contributed by atoms with E-state index in [1.807, 2.05) is 27.7 Å². The average Bonchev–Trinajstić information content (AvgIpc) is 3.18. The normalized spacial score (nSPS) is 21.1. The predicted molar refractivity (Wildman–Crippen MR) is 127 cm³/mol. The highest BCUT2D eigenvalue weighted by Gasteiger charge is 2.30. The Morgan fingerprint density at radius 3 is 2.84 bits per heavy atom. The van der Waals surface area contributed by atoms with Crippen LogP contribution in [-0.4, -0.2) is 33.0 Å². The first-order chi connectivity index (χ1) is 15.1. The molecule has 1 unspecified atom stereocenters. The van der Waals surface area contributed by atoms with Crippen molar-refractivity contribution in [1.82, 2.24) is 9.55 Å². The smallest absolute Gasteiger partial charge is 0.268 e. The number of carbonyl (C=O) groups is 1. The highest BCUT2D eigenvalue weighted by atomic mass is 32.2. The van der Waals surface area contributed by atoms with Crippen molar-refractivity contribution in [3.05, 3.63) is 45.9 Å². The Morgan fingerprint density at radius 1 is 1.19 bits per heavy atom. The van der Waals surface area contributed by atoms with Crippen molar-refractivity contribution in [3.8, 4) is 0 Å². The molecule has 0 bridgehead atoms. The van der Waals surface area contributed by atoms with Gasteiger partial charge in [-0.1, -0.05) is 56.1 Å².